The largest absolute Gasteiger partial charge is 0.477 e. The number of aromatic carboxylic acids is 1. The summed E-state index contributed by atoms with van der Waals surface area (Å²) in [5, 5.41) is 9.52. The lowest BCUT2D eigenvalue weighted by Crippen LogP contribution is -2.23. The van der Waals surface area contributed by atoms with Crippen LogP contribution in [0.15, 0.2) is 30.3 Å². The van der Waals surface area contributed by atoms with Crippen molar-refractivity contribution in [2.24, 2.45) is 0 Å². The van der Waals surface area contributed by atoms with Gasteiger partial charge in [0, 0.05) is 16.7 Å². The van der Waals surface area contributed by atoms with Crippen LogP contribution in [0.2, 0.25) is 0 Å². The molecule has 2 N–H and O–H groups in total. The summed E-state index contributed by atoms with van der Waals surface area (Å²) in [5.41, 5.74) is 4.49. The second kappa shape index (κ2) is 4.51. The molecule has 20 heavy (non-hydrogen) atoms. The summed E-state index contributed by atoms with van der Waals surface area (Å²) in [4.78, 5) is 14.8. The van der Waals surface area contributed by atoms with Gasteiger partial charge in [0.25, 0.3) is 0 Å². The van der Waals surface area contributed by atoms with Gasteiger partial charge in [-0.15, -0.1) is 0 Å². The molecule has 0 bridgehead atoms. The fourth-order valence-corrected chi connectivity index (χ4v) is 3.28. The van der Waals surface area contributed by atoms with Crippen LogP contribution < -0.4 is 0 Å². The smallest absolute Gasteiger partial charge is 0.352 e. The van der Waals surface area contributed by atoms with Crippen LogP contribution in [0.5, 0.6) is 0 Å². The van der Waals surface area contributed by atoms with Crippen molar-refractivity contribution in [2.45, 2.75) is 38.5 Å². The molecule has 0 aliphatic heterocycles. The van der Waals surface area contributed by atoms with Crippen LogP contribution in [0.1, 0.15) is 48.4 Å². The van der Waals surface area contributed by atoms with Gasteiger partial charge in [0.1, 0.15) is 5.69 Å². The SMILES string of the molecule is CC1(C)CCCc2c1[nH]c(C(=O)O)c2-c1ccccc1. The first-order valence-corrected chi connectivity index (χ1v) is 7.05. The van der Waals surface area contributed by atoms with Crippen molar-refractivity contribution in [1.29, 1.82) is 0 Å². The zero-order valence-corrected chi connectivity index (χ0v) is 11.9. The Hall–Kier alpha value is -2.03. The van der Waals surface area contributed by atoms with E-state index < -0.39 is 5.97 Å². The average Bonchev–Trinajstić information content (AvgIpc) is 2.80. The molecule has 104 valence electrons. The number of hydrogen-bond acceptors (Lipinski definition) is 1. The van der Waals surface area contributed by atoms with Crippen LogP contribution in [0.25, 0.3) is 11.1 Å². The minimum Gasteiger partial charge on any atom is -0.477 e. The van der Waals surface area contributed by atoms with E-state index in [0.717, 1.165) is 36.1 Å². The first-order chi connectivity index (χ1) is 9.50. The quantitative estimate of drug-likeness (QED) is 0.866. The molecule has 3 nitrogen and oxygen atoms in total. The Kier molecular flexibility index (Phi) is 2.93. The number of aromatic amines is 1. The lowest BCUT2D eigenvalue weighted by Gasteiger charge is -2.30. The van der Waals surface area contributed by atoms with Crippen molar-refractivity contribution >= 4 is 5.97 Å². The molecule has 0 atom stereocenters. The molecule has 1 aliphatic rings. The van der Waals surface area contributed by atoms with E-state index in [4.69, 9.17) is 0 Å². The van der Waals surface area contributed by atoms with Crippen molar-refractivity contribution < 1.29 is 9.90 Å². The van der Waals surface area contributed by atoms with E-state index in [1.807, 2.05) is 30.3 Å². The van der Waals surface area contributed by atoms with Gasteiger partial charge in [-0.3, -0.25) is 0 Å². The molecular formula is C17H19NO2. The number of carboxylic acid groups (broad SMARTS) is 1. The van der Waals surface area contributed by atoms with Crippen molar-refractivity contribution in [3.63, 3.8) is 0 Å². The number of carboxylic acids is 1. The Labute approximate surface area is 118 Å². The minimum absolute atomic E-state index is 0.0187. The average molecular weight is 269 g/mol. The minimum atomic E-state index is -0.881. The second-order valence-electron chi connectivity index (χ2n) is 6.14. The zero-order valence-electron chi connectivity index (χ0n) is 11.9. The molecule has 0 saturated heterocycles. The van der Waals surface area contributed by atoms with E-state index >= 15 is 0 Å². The lowest BCUT2D eigenvalue weighted by atomic mass is 9.75. The monoisotopic (exact) mass is 269 g/mol. The Bertz CT molecular complexity index is 653. The summed E-state index contributed by atoms with van der Waals surface area (Å²) in [5.74, 6) is -0.881. The van der Waals surface area contributed by atoms with Crippen molar-refractivity contribution in [2.75, 3.05) is 0 Å². The third-order valence-electron chi connectivity index (χ3n) is 4.29. The summed E-state index contributed by atoms with van der Waals surface area (Å²) in [6.45, 7) is 4.36. The fraction of sp³-hybridized carbons (Fsp3) is 0.353. The Balaban J connectivity index is 2.28. The highest BCUT2D eigenvalue weighted by Gasteiger charge is 2.34. The van der Waals surface area contributed by atoms with Crippen molar-refractivity contribution in [1.82, 2.24) is 4.98 Å². The predicted molar refractivity (Wildman–Crippen MR) is 79.2 cm³/mol. The zero-order chi connectivity index (χ0) is 14.3. The third-order valence-corrected chi connectivity index (χ3v) is 4.29. The Morgan fingerprint density at radius 3 is 2.60 bits per heavy atom. The summed E-state index contributed by atoms with van der Waals surface area (Å²) in [6, 6.07) is 9.82. The number of carbonyl (C=O) groups is 1. The first kappa shape index (κ1) is 13.0. The summed E-state index contributed by atoms with van der Waals surface area (Å²) < 4.78 is 0. The van der Waals surface area contributed by atoms with Crippen molar-refractivity contribution in [3.05, 3.63) is 47.3 Å². The van der Waals surface area contributed by atoms with Gasteiger partial charge in [0.05, 0.1) is 0 Å². The third kappa shape index (κ3) is 1.94. The molecule has 0 radical (unpaired) electrons. The molecule has 0 spiro atoms. The maximum absolute atomic E-state index is 11.6. The fourth-order valence-electron chi connectivity index (χ4n) is 3.28. The first-order valence-electron chi connectivity index (χ1n) is 7.05. The second-order valence-corrected chi connectivity index (χ2v) is 6.14. The van der Waals surface area contributed by atoms with Gasteiger partial charge >= 0.3 is 5.97 Å². The Morgan fingerprint density at radius 2 is 1.95 bits per heavy atom. The normalized spacial score (nSPS) is 16.7. The van der Waals surface area contributed by atoms with E-state index in [-0.39, 0.29) is 5.41 Å². The van der Waals surface area contributed by atoms with Crippen molar-refractivity contribution in [3.8, 4) is 11.1 Å². The molecule has 1 aromatic heterocycles. The standard InChI is InChI=1S/C17H19NO2/c1-17(2)10-6-9-12-13(11-7-4-3-5-8-11)14(16(19)20)18-15(12)17/h3-5,7-8,18H,6,9-10H2,1-2H3,(H,19,20). The van der Waals surface area contributed by atoms with Crippen LogP contribution in [0, 0.1) is 0 Å². The molecule has 0 unspecified atom stereocenters. The summed E-state index contributed by atoms with van der Waals surface area (Å²) in [6.07, 6.45) is 3.15. The Morgan fingerprint density at radius 1 is 1.25 bits per heavy atom. The van der Waals surface area contributed by atoms with E-state index in [2.05, 4.69) is 18.8 Å². The predicted octanol–water partition coefficient (Wildman–Crippen LogP) is 3.99. The lowest BCUT2D eigenvalue weighted by molar-refractivity contribution is 0.0692. The van der Waals surface area contributed by atoms with E-state index in [0.29, 0.717) is 5.69 Å². The molecule has 0 fully saturated rings. The van der Waals surface area contributed by atoms with Crippen LogP contribution in [-0.4, -0.2) is 16.1 Å². The van der Waals surface area contributed by atoms with Gasteiger partial charge in [-0.05, 0) is 30.4 Å². The molecule has 0 amide bonds. The molecule has 1 heterocycles. The molecule has 1 aliphatic carbocycles. The molecule has 3 rings (SSSR count). The molecule has 0 saturated carbocycles. The van der Waals surface area contributed by atoms with E-state index in [1.54, 1.807) is 0 Å². The van der Waals surface area contributed by atoms with Crippen LogP contribution in [0.3, 0.4) is 0 Å². The van der Waals surface area contributed by atoms with Crippen LogP contribution in [-0.2, 0) is 11.8 Å². The van der Waals surface area contributed by atoms with Crippen LogP contribution >= 0.6 is 0 Å². The number of hydrogen-bond donors (Lipinski definition) is 2. The highest BCUT2D eigenvalue weighted by atomic mass is 16.4. The number of aromatic nitrogens is 1. The number of fused-ring (bicyclic) bond motifs is 1. The topological polar surface area (TPSA) is 53.1 Å². The summed E-state index contributed by atoms with van der Waals surface area (Å²) >= 11 is 0. The maximum atomic E-state index is 11.6. The number of benzene rings is 1. The highest BCUT2D eigenvalue weighted by molar-refractivity contribution is 5.96. The molecule has 1 aromatic carbocycles. The van der Waals surface area contributed by atoms with E-state index in [9.17, 15) is 9.90 Å². The summed E-state index contributed by atoms with van der Waals surface area (Å²) in [7, 11) is 0. The molecule has 2 aromatic rings. The maximum Gasteiger partial charge on any atom is 0.352 e. The molecule has 3 heteroatoms. The highest BCUT2D eigenvalue weighted by Crippen LogP contribution is 2.42. The van der Waals surface area contributed by atoms with Gasteiger partial charge in [-0.1, -0.05) is 44.2 Å². The van der Waals surface area contributed by atoms with Gasteiger partial charge < -0.3 is 10.1 Å². The van der Waals surface area contributed by atoms with Gasteiger partial charge in [-0.2, -0.15) is 0 Å². The number of H-pyrrole nitrogens is 1. The number of rotatable bonds is 2. The van der Waals surface area contributed by atoms with Crippen LogP contribution in [0.4, 0.5) is 0 Å². The number of nitrogens with one attached hydrogen (secondary N) is 1. The van der Waals surface area contributed by atoms with Gasteiger partial charge in [0.2, 0.25) is 0 Å². The van der Waals surface area contributed by atoms with E-state index in [1.165, 1.54) is 5.56 Å². The molecular weight excluding hydrogens is 250 g/mol. The van der Waals surface area contributed by atoms with Gasteiger partial charge in [0.15, 0.2) is 0 Å². The van der Waals surface area contributed by atoms with Gasteiger partial charge in [-0.25, -0.2) is 4.79 Å².